The first-order valence-corrected chi connectivity index (χ1v) is 8.05. The molecule has 4 nitrogen and oxygen atoms in total. The van der Waals surface area contributed by atoms with Gasteiger partial charge in [0.2, 0.25) is 5.91 Å². The maximum atomic E-state index is 12.1. The molecule has 0 unspecified atom stereocenters. The van der Waals surface area contributed by atoms with Crippen molar-refractivity contribution in [1.29, 1.82) is 0 Å². The number of hydrogen-bond donors (Lipinski definition) is 1. The van der Waals surface area contributed by atoms with Crippen molar-refractivity contribution in [1.82, 2.24) is 9.80 Å². The van der Waals surface area contributed by atoms with E-state index < -0.39 is 0 Å². The van der Waals surface area contributed by atoms with Crippen molar-refractivity contribution in [2.24, 2.45) is 0 Å². The summed E-state index contributed by atoms with van der Waals surface area (Å²) in [5.74, 6) is 0.572. The topological polar surface area (TPSA) is 43.8 Å². The monoisotopic (exact) mass is 314 g/mol. The highest BCUT2D eigenvalue weighted by Gasteiger charge is 2.20. The summed E-state index contributed by atoms with van der Waals surface area (Å²) in [5.41, 5.74) is 0. The lowest BCUT2D eigenvalue weighted by molar-refractivity contribution is -0.130. The van der Waals surface area contributed by atoms with Crippen LogP contribution in [-0.2, 0) is 4.79 Å². The Bertz CT molecular complexity index is 451. The quantitative estimate of drug-likeness (QED) is 0.838. The fourth-order valence-corrected chi connectivity index (χ4v) is 3.30. The Balaban J connectivity index is 1.77. The third-order valence-electron chi connectivity index (χ3n) is 3.33. The number of halogens is 1. The van der Waals surface area contributed by atoms with E-state index in [2.05, 4.69) is 4.90 Å². The highest BCUT2D eigenvalue weighted by molar-refractivity contribution is 8.00. The minimum atomic E-state index is 0.151. The summed E-state index contributed by atoms with van der Waals surface area (Å²) in [5, 5.41) is 9.58. The van der Waals surface area contributed by atoms with Crippen LogP contribution in [0, 0.1) is 0 Å². The van der Waals surface area contributed by atoms with Gasteiger partial charge in [-0.25, -0.2) is 0 Å². The number of hydrogen-bond acceptors (Lipinski definition) is 4. The van der Waals surface area contributed by atoms with Gasteiger partial charge in [-0.2, -0.15) is 0 Å². The van der Waals surface area contributed by atoms with Crippen molar-refractivity contribution in [3.63, 3.8) is 0 Å². The summed E-state index contributed by atoms with van der Waals surface area (Å²) in [6, 6.07) is 7.57. The Hall–Kier alpha value is -0.750. The van der Waals surface area contributed by atoms with Crippen molar-refractivity contribution >= 4 is 29.3 Å². The van der Waals surface area contributed by atoms with Crippen LogP contribution in [0.25, 0.3) is 0 Å². The molecule has 0 atom stereocenters. The van der Waals surface area contributed by atoms with Gasteiger partial charge in [-0.1, -0.05) is 23.7 Å². The second-order valence-electron chi connectivity index (χ2n) is 4.67. The average molecular weight is 315 g/mol. The van der Waals surface area contributed by atoms with Crippen LogP contribution in [-0.4, -0.2) is 65.9 Å². The predicted molar refractivity (Wildman–Crippen MR) is 82.3 cm³/mol. The van der Waals surface area contributed by atoms with Crippen molar-refractivity contribution in [3.8, 4) is 0 Å². The van der Waals surface area contributed by atoms with Crippen LogP contribution in [0.5, 0.6) is 0 Å². The van der Waals surface area contributed by atoms with Crippen LogP contribution in [0.2, 0.25) is 5.02 Å². The molecule has 1 aliphatic heterocycles. The maximum absolute atomic E-state index is 12.1. The summed E-state index contributed by atoms with van der Waals surface area (Å²) in [7, 11) is 0. The lowest BCUT2D eigenvalue weighted by Gasteiger charge is -2.34. The van der Waals surface area contributed by atoms with Gasteiger partial charge in [-0.05, 0) is 12.1 Å². The molecule has 1 aromatic carbocycles. The Morgan fingerprint density at radius 2 is 1.95 bits per heavy atom. The van der Waals surface area contributed by atoms with Gasteiger partial charge in [0, 0.05) is 37.6 Å². The molecule has 1 N–H and O–H groups in total. The van der Waals surface area contributed by atoms with Gasteiger partial charge >= 0.3 is 0 Å². The zero-order valence-corrected chi connectivity index (χ0v) is 12.9. The molecule has 1 saturated heterocycles. The summed E-state index contributed by atoms with van der Waals surface area (Å²) >= 11 is 7.55. The zero-order chi connectivity index (χ0) is 14.4. The minimum Gasteiger partial charge on any atom is -0.395 e. The number of carbonyl (C=O) groups is 1. The summed E-state index contributed by atoms with van der Waals surface area (Å²) in [4.78, 5) is 17.1. The largest absolute Gasteiger partial charge is 0.395 e. The van der Waals surface area contributed by atoms with Gasteiger partial charge in [0.15, 0.2) is 0 Å². The molecule has 20 heavy (non-hydrogen) atoms. The van der Waals surface area contributed by atoms with E-state index in [1.54, 1.807) is 0 Å². The number of β-amino-alcohol motifs (C(OH)–C–C–N with tert-alkyl or cyclic N) is 1. The fourth-order valence-electron chi connectivity index (χ4n) is 2.15. The number of benzene rings is 1. The molecule has 0 aromatic heterocycles. The lowest BCUT2D eigenvalue weighted by Crippen LogP contribution is -2.49. The predicted octanol–water partition coefficient (Wildman–Crippen LogP) is 1.57. The van der Waals surface area contributed by atoms with Gasteiger partial charge in [0.1, 0.15) is 0 Å². The summed E-state index contributed by atoms with van der Waals surface area (Å²) < 4.78 is 0. The molecule has 1 aromatic rings. The second-order valence-corrected chi connectivity index (χ2v) is 6.09. The Labute approximate surface area is 128 Å². The first-order chi connectivity index (χ1) is 9.70. The summed E-state index contributed by atoms with van der Waals surface area (Å²) in [6.45, 7) is 4.02. The van der Waals surface area contributed by atoms with Gasteiger partial charge in [0.25, 0.3) is 0 Å². The number of aliphatic hydroxyl groups excluding tert-OH is 1. The molecular formula is C14H19ClN2O2S. The molecular weight excluding hydrogens is 296 g/mol. The van der Waals surface area contributed by atoms with Gasteiger partial charge < -0.3 is 10.0 Å². The van der Waals surface area contributed by atoms with E-state index in [-0.39, 0.29) is 12.5 Å². The highest BCUT2D eigenvalue weighted by atomic mass is 35.5. The Morgan fingerprint density at radius 3 is 2.60 bits per heavy atom. The summed E-state index contributed by atoms with van der Waals surface area (Å²) in [6.07, 6.45) is 0. The van der Waals surface area contributed by atoms with Crippen molar-refractivity contribution in [3.05, 3.63) is 29.3 Å². The molecule has 1 heterocycles. The maximum Gasteiger partial charge on any atom is 0.233 e. The lowest BCUT2D eigenvalue weighted by atomic mass is 10.3. The van der Waals surface area contributed by atoms with E-state index in [9.17, 15) is 4.79 Å². The second kappa shape index (κ2) is 7.88. The first-order valence-electron chi connectivity index (χ1n) is 6.69. The molecule has 1 fully saturated rings. The van der Waals surface area contributed by atoms with E-state index >= 15 is 0 Å². The standard InChI is InChI=1S/C14H19ClN2O2S/c15-12-3-1-2-4-13(12)20-11-14(19)17-7-5-16(6-8-17)9-10-18/h1-4,18H,5-11H2. The van der Waals surface area contributed by atoms with Crippen molar-refractivity contribution < 1.29 is 9.90 Å². The average Bonchev–Trinajstić information content (AvgIpc) is 2.47. The molecule has 0 aliphatic carbocycles. The van der Waals surface area contributed by atoms with Crippen LogP contribution in [0.3, 0.4) is 0 Å². The van der Waals surface area contributed by atoms with Gasteiger partial charge in [-0.3, -0.25) is 9.69 Å². The molecule has 1 aliphatic rings. The number of thioether (sulfide) groups is 1. The van der Waals surface area contributed by atoms with Crippen LogP contribution in [0.4, 0.5) is 0 Å². The number of piperazine rings is 1. The van der Waals surface area contributed by atoms with Crippen molar-refractivity contribution in [2.75, 3.05) is 45.1 Å². The van der Waals surface area contributed by atoms with Crippen LogP contribution >= 0.6 is 23.4 Å². The number of nitrogens with zero attached hydrogens (tertiary/aromatic N) is 2. The van der Waals surface area contributed by atoms with Crippen LogP contribution < -0.4 is 0 Å². The Kier molecular flexibility index (Phi) is 6.16. The SMILES string of the molecule is O=C(CSc1ccccc1Cl)N1CCN(CCO)CC1. The van der Waals surface area contributed by atoms with Gasteiger partial charge in [0.05, 0.1) is 17.4 Å². The molecule has 0 saturated carbocycles. The number of amides is 1. The van der Waals surface area contributed by atoms with E-state index in [1.165, 1.54) is 11.8 Å². The molecule has 0 spiro atoms. The smallest absolute Gasteiger partial charge is 0.233 e. The van der Waals surface area contributed by atoms with Crippen molar-refractivity contribution in [2.45, 2.75) is 4.90 Å². The molecule has 2 rings (SSSR count). The molecule has 6 heteroatoms. The Morgan fingerprint density at radius 1 is 1.25 bits per heavy atom. The number of aliphatic hydroxyl groups is 1. The molecule has 0 radical (unpaired) electrons. The molecule has 0 bridgehead atoms. The van der Waals surface area contributed by atoms with Crippen LogP contribution in [0.15, 0.2) is 29.2 Å². The zero-order valence-electron chi connectivity index (χ0n) is 11.3. The third kappa shape index (κ3) is 4.38. The van der Waals surface area contributed by atoms with Gasteiger partial charge in [-0.15, -0.1) is 11.8 Å². The minimum absolute atomic E-state index is 0.151. The van der Waals surface area contributed by atoms with E-state index in [0.29, 0.717) is 17.3 Å². The first kappa shape index (κ1) is 15.6. The van der Waals surface area contributed by atoms with E-state index in [4.69, 9.17) is 16.7 Å². The van der Waals surface area contributed by atoms with E-state index in [1.807, 2.05) is 29.2 Å². The highest BCUT2D eigenvalue weighted by Crippen LogP contribution is 2.26. The number of carbonyl (C=O) groups excluding carboxylic acids is 1. The van der Waals surface area contributed by atoms with Crippen LogP contribution in [0.1, 0.15) is 0 Å². The van der Waals surface area contributed by atoms with E-state index in [0.717, 1.165) is 31.1 Å². The molecule has 110 valence electrons. The fraction of sp³-hybridized carbons (Fsp3) is 0.500. The normalized spacial score (nSPS) is 16.4. The molecule has 1 amide bonds. The third-order valence-corrected chi connectivity index (χ3v) is 4.83. The number of rotatable bonds is 5.